The lowest BCUT2D eigenvalue weighted by molar-refractivity contribution is -0.128. The first-order valence-corrected chi connectivity index (χ1v) is 8.39. The van der Waals surface area contributed by atoms with Gasteiger partial charge in [0.15, 0.2) is 6.10 Å². The number of rotatable bonds is 6. The monoisotopic (exact) mass is 322 g/mol. The van der Waals surface area contributed by atoms with Crippen molar-refractivity contribution in [1.82, 2.24) is 10.2 Å². The molecule has 0 saturated carbocycles. The van der Waals surface area contributed by atoms with Crippen molar-refractivity contribution in [1.29, 1.82) is 0 Å². The van der Waals surface area contributed by atoms with Crippen LogP contribution >= 0.6 is 0 Å². The highest BCUT2D eigenvalue weighted by molar-refractivity contribution is 5.81. The standard InChI is InChI=1S/C18H27FN2O2/c1-13(2)12-21-10-8-16(9-11-21)20-18(22)14(3)23-17-6-4-15(19)5-7-17/h4-7,13-14,16H,8-12H2,1-3H3,(H,20,22)/t14-/m1/s1. The second-order valence-electron chi connectivity index (χ2n) is 6.69. The predicted molar refractivity (Wildman–Crippen MR) is 88.9 cm³/mol. The molecular formula is C18H27FN2O2. The van der Waals surface area contributed by atoms with Crippen LogP contribution in [0.5, 0.6) is 5.75 Å². The zero-order chi connectivity index (χ0) is 16.8. The summed E-state index contributed by atoms with van der Waals surface area (Å²) in [5, 5.41) is 3.06. The molecule has 0 spiro atoms. The fraction of sp³-hybridized carbons (Fsp3) is 0.611. The molecule has 1 aliphatic heterocycles. The molecule has 23 heavy (non-hydrogen) atoms. The Bertz CT molecular complexity index is 496. The van der Waals surface area contributed by atoms with E-state index in [1.165, 1.54) is 24.3 Å². The SMILES string of the molecule is CC(C)CN1CCC(NC(=O)[C@@H](C)Oc2ccc(F)cc2)CC1. The summed E-state index contributed by atoms with van der Waals surface area (Å²) in [5.41, 5.74) is 0. The van der Waals surface area contributed by atoms with Gasteiger partial charge in [-0.15, -0.1) is 0 Å². The molecule has 0 aromatic heterocycles. The van der Waals surface area contributed by atoms with Gasteiger partial charge in [-0.25, -0.2) is 4.39 Å². The topological polar surface area (TPSA) is 41.6 Å². The molecule has 1 aromatic rings. The minimum absolute atomic E-state index is 0.114. The molecule has 0 unspecified atom stereocenters. The fourth-order valence-electron chi connectivity index (χ4n) is 2.87. The largest absolute Gasteiger partial charge is 0.481 e. The summed E-state index contributed by atoms with van der Waals surface area (Å²) >= 11 is 0. The van der Waals surface area contributed by atoms with E-state index in [0.717, 1.165) is 32.5 Å². The minimum Gasteiger partial charge on any atom is -0.481 e. The van der Waals surface area contributed by atoms with Gasteiger partial charge >= 0.3 is 0 Å². The maximum Gasteiger partial charge on any atom is 0.260 e. The molecule has 1 fully saturated rings. The van der Waals surface area contributed by atoms with Crippen molar-refractivity contribution in [3.63, 3.8) is 0 Å². The van der Waals surface area contributed by atoms with E-state index in [9.17, 15) is 9.18 Å². The van der Waals surface area contributed by atoms with E-state index >= 15 is 0 Å². The third-order valence-electron chi connectivity index (χ3n) is 4.05. The van der Waals surface area contributed by atoms with Crippen LogP contribution in [-0.4, -0.2) is 42.6 Å². The zero-order valence-corrected chi connectivity index (χ0v) is 14.2. The number of halogens is 1. The highest BCUT2D eigenvalue weighted by Crippen LogP contribution is 2.15. The van der Waals surface area contributed by atoms with Crippen LogP contribution in [0.1, 0.15) is 33.6 Å². The molecule has 0 radical (unpaired) electrons. The van der Waals surface area contributed by atoms with Crippen molar-refractivity contribution in [3.8, 4) is 5.75 Å². The Morgan fingerprint density at radius 1 is 1.26 bits per heavy atom. The van der Waals surface area contributed by atoms with Gasteiger partial charge in [-0.3, -0.25) is 4.79 Å². The first kappa shape index (κ1) is 17.7. The second-order valence-corrected chi connectivity index (χ2v) is 6.69. The van der Waals surface area contributed by atoms with Crippen LogP contribution in [-0.2, 0) is 4.79 Å². The molecule has 1 aromatic carbocycles. The number of piperidine rings is 1. The van der Waals surface area contributed by atoms with Crippen molar-refractivity contribution in [3.05, 3.63) is 30.1 Å². The van der Waals surface area contributed by atoms with Crippen LogP contribution in [0, 0.1) is 11.7 Å². The van der Waals surface area contributed by atoms with Gasteiger partial charge in [0, 0.05) is 25.7 Å². The van der Waals surface area contributed by atoms with E-state index in [0.29, 0.717) is 11.7 Å². The van der Waals surface area contributed by atoms with E-state index in [1.54, 1.807) is 6.92 Å². The van der Waals surface area contributed by atoms with Crippen LogP contribution < -0.4 is 10.1 Å². The minimum atomic E-state index is -0.589. The Morgan fingerprint density at radius 2 is 1.87 bits per heavy atom. The summed E-state index contributed by atoms with van der Waals surface area (Å²) in [5.74, 6) is 0.741. The third kappa shape index (κ3) is 5.82. The summed E-state index contributed by atoms with van der Waals surface area (Å²) in [6, 6.07) is 5.92. The highest BCUT2D eigenvalue weighted by Gasteiger charge is 2.23. The number of hydrogen-bond donors (Lipinski definition) is 1. The number of hydrogen-bond acceptors (Lipinski definition) is 3. The number of benzene rings is 1. The molecule has 1 N–H and O–H groups in total. The van der Waals surface area contributed by atoms with Crippen LogP contribution in [0.15, 0.2) is 24.3 Å². The van der Waals surface area contributed by atoms with E-state index in [-0.39, 0.29) is 17.8 Å². The van der Waals surface area contributed by atoms with Crippen LogP contribution in [0.3, 0.4) is 0 Å². The molecular weight excluding hydrogens is 295 g/mol. The first-order valence-electron chi connectivity index (χ1n) is 8.39. The van der Waals surface area contributed by atoms with Gasteiger partial charge < -0.3 is 15.0 Å². The number of carbonyl (C=O) groups is 1. The maximum absolute atomic E-state index is 12.9. The summed E-state index contributed by atoms with van der Waals surface area (Å²) in [6.07, 6.45) is 1.36. The molecule has 128 valence electrons. The molecule has 2 rings (SSSR count). The summed E-state index contributed by atoms with van der Waals surface area (Å²) < 4.78 is 18.4. The Morgan fingerprint density at radius 3 is 2.43 bits per heavy atom. The fourth-order valence-corrected chi connectivity index (χ4v) is 2.87. The van der Waals surface area contributed by atoms with Crippen molar-refractivity contribution in [2.24, 2.45) is 5.92 Å². The number of amides is 1. The van der Waals surface area contributed by atoms with E-state index in [2.05, 4.69) is 24.1 Å². The summed E-state index contributed by atoms with van der Waals surface area (Å²) in [4.78, 5) is 14.7. The van der Waals surface area contributed by atoms with Crippen LogP contribution in [0.25, 0.3) is 0 Å². The molecule has 1 heterocycles. The van der Waals surface area contributed by atoms with Gasteiger partial charge in [-0.05, 0) is 49.9 Å². The predicted octanol–water partition coefficient (Wildman–Crippen LogP) is 2.83. The summed E-state index contributed by atoms with van der Waals surface area (Å²) in [7, 11) is 0. The van der Waals surface area contributed by atoms with Crippen LogP contribution in [0.2, 0.25) is 0 Å². The lowest BCUT2D eigenvalue weighted by atomic mass is 10.0. The Kier molecular flexibility index (Phi) is 6.39. The summed E-state index contributed by atoms with van der Waals surface area (Å²) in [6.45, 7) is 9.33. The van der Waals surface area contributed by atoms with Gasteiger partial charge in [-0.1, -0.05) is 13.8 Å². The van der Waals surface area contributed by atoms with Gasteiger partial charge in [0.25, 0.3) is 5.91 Å². The molecule has 1 amide bonds. The Labute approximate surface area is 138 Å². The van der Waals surface area contributed by atoms with Crippen molar-refractivity contribution < 1.29 is 13.9 Å². The first-order chi connectivity index (χ1) is 10.9. The van der Waals surface area contributed by atoms with Gasteiger partial charge in [0.05, 0.1) is 0 Å². The Hall–Kier alpha value is -1.62. The molecule has 1 saturated heterocycles. The quantitative estimate of drug-likeness (QED) is 0.876. The average molecular weight is 322 g/mol. The van der Waals surface area contributed by atoms with E-state index in [1.807, 2.05) is 0 Å². The normalized spacial score (nSPS) is 18.0. The Balaban J connectivity index is 1.75. The molecule has 5 heteroatoms. The lowest BCUT2D eigenvalue weighted by Gasteiger charge is -2.33. The van der Waals surface area contributed by atoms with Crippen LogP contribution in [0.4, 0.5) is 4.39 Å². The second kappa shape index (κ2) is 8.29. The number of likely N-dealkylation sites (tertiary alicyclic amines) is 1. The molecule has 1 atom stereocenters. The van der Waals surface area contributed by atoms with Crippen molar-refractivity contribution in [2.45, 2.75) is 45.8 Å². The van der Waals surface area contributed by atoms with Gasteiger partial charge in [0.1, 0.15) is 11.6 Å². The number of carbonyl (C=O) groups excluding carboxylic acids is 1. The van der Waals surface area contributed by atoms with Crippen molar-refractivity contribution in [2.75, 3.05) is 19.6 Å². The van der Waals surface area contributed by atoms with Crippen molar-refractivity contribution >= 4 is 5.91 Å². The van der Waals surface area contributed by atoms with Gasteiger partial charge in [0.2, 0.25) is 0 Å². The molecule has 1 aliphatic rings. The van der Waals surface area contributed by atoms with E-state index < -0.39 is 6.10 Å². The number of ether oxygens (including phenoxy) is 1. The molecule has 0 aliphatic carbocycles. The van der Waals surface area contributed by atoms with Gasteiger partial charge in [-0.2, -0.15) is 0 Å². The lowest BCUT2D eigenvalue weighted by Crippen LogP contribution is -2.48. The smallest absolute Gasteiger partial charge is 0.260 e. The maximum atomic E-state index is 12.9. The average Bonchev–Trinajstić information content (AvgIpc) is 2.51. The number of nitrogens with zero attached hydrogens (tertiary/aromatic N) is 1. The molecule has 0 bridgehead atoms. The van der Waals surface area contributed by atoms with E-state index in [4.69, 9.17) is 4.74 Å². The molecule has 4 nitrogen and oxygen atoms in total. The highest BCUT2D eigenvalue weighted by atomic mass is 19.1. The zero-order valence-electron chi connectivity index (χ0n) is 14.2. The third-order valence-corrected chi connectivity index (χ3v) is 4.05. The number of nitrogens with one attached hydrogen (secondary N) is 1.